The molecule has 1 heterocycles. The molecule has 1 rings (SSSR count). The van der Waals surface area contributed by atoms with E-state index < -0.39 is 12.4 Å². The Morgan fingerprint density at radius 3 is 2.56 bits per heavy atom. The Hall–Kier alpha value is -1.06. The van der Waals surface area contributed by atoms with Gasteiger partial charge in [-0.3, -0.25) is 4.57 Å². The number of hydrogen-bond acceptors (Lipinski definition) is 7. The molecule has 27 heavy (non-hydrogen) atoms. The fraction of sp³-hybridized carbons (Fsp3) is 0.789. The first kappa shape index (κ1) is 24.0. The smallest absolute Gasteiger partial charge is 0.269 e. The molecule has 0 aromatic carbocycles. The van der Waals surface area contributed by atoms with Gasteiger partial charge < -0.3 is 24.1 Å². The van der Waals surface area contributed by atoms with Gasteiger partial charge in [-0.05, 0) is 37.9 Å². The first-order chi connectivity index (χ1) is 13.1. The quantitative estimate of drug-likeness (QED) is 0.274. The van der Waals surface area contributed by atoms with Gasteiger partial charge in [-0.25, -0.2) is 4.98 Å². The van der Waals surface area contributed by atoms with Crippen molar-refractivity contribution in [3.63, 3.8) is 0 Å². The van der Waals surface area contributed by atoms with E-state index in [2.05, 4.69) is 18.8 Å². The second-order valence-corrected chi connectivity index (χ2v) is 6.72. The van der Waals surface area contributed by atoms with Crippen LogP contribution in [0.4, 0.5) is 0 Å². The first-order valence-electron chi connectivity index (χ1n) is 9.71. The summed E-state index contributed by atoms with van der Waals surface area (Å²) in [4.78, 5) is 3.95. The number of methoxy groups -OCH3 is 1. The number of ether oxygens (including phenoxy) is 4. The van der Waals surface area contributed by atoms with Crippen molar-refractivity contribution in [3.05, 3.63) is 18.7 Å². The van der Waals surface area contributed by atoms with Gasteiger partial charge in [0.1, 0.15) is 6.33 Å². The van der Waals surface area contributed by atoms with Crippen LogP contribution < -0.4 is 0 Å². The molecule has 0 aliphatic rings. The van der Waals surface area contributed by atoms with E-state index in [-0.39, 0.29) is 11.3 Å². The van der Waals surface area contributed by atoms with Crippen molar-refractivity contribution in [1.82, 2.24) is 9.55 Å². The van der Waals surface area contributed by atoms with Crippen LogP contribution in [-0.2, 0) is 18.9 Å². The predicted octanol–water partition coefficient (Wildman–Crippen LogP) is 3.15. The molecule has 1 aromatic rings. The maximum atomic E-state index is 10.1. The monoisotopic (exact) mass is 402 g/mol. The maximum Gasteiger partial charge on any atom is 0.269 e. The van der Waals surface area contributed by atoms with Crippen LogP contribution >= 0.6 is 12.2 Å². The lowest BCUT2D eigenvalue weighted by atomic mass is 10.1. The first-order valence-corrected chi connectivity index (χ1v) is 10.1. The summed E-state index contributed by atoms with van der Waals surface area (Å²) in [5.74, 6) is 0. The molecule has 0 spiro atoms. The van der Waals surface area contributed by atoms with Crippen molar-refractivity contribution in [2.45, 2.75) is 70.9 Å². The van der Waals surface area contributed by atoms with Gasteiger partial charge in [-0.15, -0.1) is 0 Å². The highest BCUT2D eigenvalue weighted by molar-refractivity contribution is 7.80. The number of hydrogen-bond donors (Lipinski definition) is 1. The molecule has 7 nitrogen and oxygen atoms in total. The van der Waals surface area contributed by atoms with Crippen molar-refractivity contribution in [3.8, 4) is 0 Å². The molecule has 156 valence electrons. The highest BCUT2D eigenvalue weighted by Gasteiger charge is 2.24. The molecule has 3 atom stereocenters. The lowest BCUT2D eigenvalue weighted by Crippen LogP contribution is -2.35. The Labute approximate surface area is 168 Å². The van der Waals surface area contributed by atoms with Gasteiger partial charge in [-0.1, -0.05) is 26.7 Å². The zero-order chi connectivity index (χ0) is 19.9. The molecular weight excluding hydrogens is 368 g/mol. The van der Waals surface area contributed by atoms with Gasteiger partial charge in [0.25, 0.3) is 5.17 Å². The average Bonchev–Trinajstić information content (AvgIpc) is 3.22. The third-order valence-electron chi connectivity index (χ3n) is 4.10. The molecule has 0 saturated carbocycles. The third kappa shape index (κ3) is 10.2. The van der Waals surface area contributed by atoms with E-state index in [1.165, 1.54) is 7.11 Å². The molecule has 0 fully saturated rings. The van der Waals surface area contributed by atoms with Crippen LogP contribution in [0.15, 0.2) is 18.7 Å². The maximum absolute atomic E-state index is 10.1. The summed E-state index contributed by atoms with van der Waals surface area (Å²) in [6, 6.07) is 0. The largest absolute Gasteiger partial charge is 0.462 e. The van der Waals surface area contributed by atoms with Crippen molar-refractivity contribution in [2.24, 2.45) is 0 Å². The second kappa shape index (κ2) is 14.9. The number of imidazole rings is 1. The lowest BCUT2D eigenvalue weighted by Gasteiger charge is -2.25. The highest BCUT2D eigenvalue weighted by atomic mass is 32.1. The van der Waals surface area contributed by atoms with Crippen LogP contribution in [0, 0.1) is 0 Å². The summed E-state index contributed by atoms with van der Waals surface area (Å²) in [5, 5.41) is 10.4. The zero-order valence-electron chi connectivity index (χ0n) is 16.7. The van der Waals surface area contributed by atoms with E-state index in [1.54, 1.807) is 23.3 Å². The topological polar surface area (TPSA) is 75.0 Å². The average molecular weight is 403 g/mol. The Kier molecular flexibility index (Phi) is 13.3. The van der Waals surface area contributed by atoms with Crippen LogP contribution in [0.25, 0.3) is 0 Å². The van der Waals surface area contributed by atoms with Crippen molar-refractivity contribution >= 4 is 17.4 Å². The van der Waals surface area contributed by atoms with Crippen LogP contribution in [0.1, 0.15) is 52.4 Å². The third-order valence-corrected chi connectivity index (χ3v) is 4.40. The van der Waals surface area contributed by atoms with Crippen LogP contribution in [-0.4, -0.2) is 65.3 Å². The normalized spacial score (nSPS) is 14.7. The number of aliphatic hydroxyl groups excluding tert-OH is 1. The molecule has 0 aliphatic heterocycles. The molecule has 0 saturated heterocycles. The van der Waals surface area contributed by atoms with E-state index in [0.717, 1.165) is 32.3 Å². The van der Waals surface area contributed by atoms with E-state index in [9.17, 15) is 5.11 Å². The molecule has 1 aromatic heterocycles. The number of thiocarbonyl (C=S) groups is 1. The molecule has 0 amide bonds. The van der Waals surface area contributed by atoms with Crippen LogP contribution in [0.5, 0.6) is 0 Å². The van der Waals surface area contributed by atoms with Gasteiger partial charge in [0.15, 0.2) is 12.4 Å². The fourth-order valence-electron chi connectivity index (χ4n) is 2.39. The van der Waals surface area contributed by atoms with Gasteiger partial charge in [-0.2, -0.15) is 0 Å². The Bertz CT molecular complexity index is 486. The lowest BCUT2D eigenvalue weighted by molar-refractivity contribution is -0.144. The van der Waals surface area contributed by atoms with Gasteiger partial charge in [0, 0.05) is 32.7 Å². The Balaban J connectivity index is 2.56. The van der Waals surface area contributed by atoms with Gasteiger partial charge >= 0.3 is 0 Å². The zero-order valence-corrected chi connectivity index (χ0v) is 17.5. The molecular formula is C19H34N2O5S. The number of rotatable bonds is 15. The minimum Gasteiger partial charge on any atom is -0.462 e. The van der Waals surface area contributed by atoms with E-state index in [1.807, 2.05) is 0 Å². The molecule has 1 N–H and O–H groups in total. The summed E-state index contributed by atoms with van der Waals surface area (Å²) in [6.45, 7) is 6.23. The minimum absolute atomic E-state index is 0.0506. The number of unbranched alkanes of at least 4 members (excludes halogenated alkanes) is 2. The van der Waals surface area contributed by atoms with Crippen molar-refractivity contribution in [1.29, 1.82) is 0 Å². The van der Waals surface area contributed by atoms with Crippen LogP contribution in [0.3, 0.4) is 0 Å². The SMILES string of the molecule is CCCCOC[C@H](CC[C@@H](OC(=S)n1ccnc1)[C@H](O)OC)OCCCC. The summed E-state index contributed by atoms with van der Waals surface area (Å²) < 4.78 is 24.1. The number of nitrogens with zero attached hydrogens (tertiary/aromatic N) is 2. The summed E-state index contributed by atoms with van der Waals surface area (Å²) in [5.41, 5.74) is 0. The standard InChI is InChI=1S/C19H34N2O5S/c1-4-6-12-24-14-16(25-13-7-5-2)8-9-17(18(22)23-3)26-19(27)21-11-10-20-15-21/h10-11,15-18,22H,4-9,12-14H2,1-3H3/t16-,17+,18+/m0/s1. The molecule has 0 unspecified atom stereocenters. The van der Waals surface area contributed by atoms with Gasteiger partial charge in [0.05, 0.1) is 12.7 Å². The van der Waals surface area contributed by atoms with Crippen molar-refractivity contribution in [2.75, 3.05) is 26.9 Å². The predicted molar refractivity (Wildman–Crippen MR) is 108 cm³/mol. The van der Waals surface area contributed by atoms with Crippen LogP contribution in [0.2, 0.25) is 0 Å². The number of aliphatic hydroxyl groups is 1. The van der Waals surface area contributed by atoms with Crippen molar-refractivity contribution < 1.29 is 24.1 Å². The van der Waals surface area contributed by atoms with E-state index >= 15 is 0 Å². The molecule has 0 bridgehead atoms. The van der Waals surface area contributed by atoms with E-state index in [0.29, 0.717) is 26.1 Å². The number of aromatic nitrogens is 2. The highest BCUT2D eigenvalue weighted by Crippen LogP contribution is 2.15. The summed E-state index contributed by atoms with van der Waals surface area (Å²) >= 11 is 5.26. The molecule has 0 aliphatic carbocycles. The van der Waals surface area contributed by atoms with Gasteiger partial charge in [0.2, 0.25) is 0 Å². The molecule has 0 radical (unpaired) electrons. The Morgan fingerprint density at radius 2 is 1.93 bits per heavy atom. The summed E-state index contributed by atoms with van der Waals surface area (Å²) in [6.07, 6.45) is 8.56. The second-order valence-electron chi connectivity index (χ2n) is 6.37. The van der Waals surface area contributed by atoms with E-state index in [4.69, 9.17) is 31.2 Å². The minimum atomic E-state index is -1.08. The molecule has 8 heteroatoms. The Morgan fingerprint density at radius 1 is 1.19 bits per heavy atom. The fourth-order valence-corrected chi connectivity index (χ4v) is 2.62. The summed E-state index contributed by atoms with van der Waals surface area (Å²) in [7, 11) is 1.43.